The van der Waals surface area contributed by atoms with Gasteiger partial charge in [-0.1, -0.05) is 0 Å². The smallest absolute Gasteiger partial charge is 0.340 e. The zero-order valence-corrected chi connectivity index (χ0v) is 10.2. The maximum absolute atomic E-state index is 13.4. The molecular weight excluding hydrogens is 237 g/mol. The standard InChI is InChI=1S/C13H16FNO3/c1-2-17-13(16)10-5-9(14)6-11(12(10)15)18-7-8-3-4-8/h5-6,8H,2-4,7,15H2,1H3. The van der Waals surface area contributed by atoms with Gasteiger partial charge in [0.15, 0.2) is 0 Å². The molecule has 0 saturated heterocycles. The largest absolute Gasteiger partial charge is 0.491 e. The van der Waals surface area contributed by atoms with Gasteiger partial charge in [0, 0.05) is 6.07 Å². The molecule has 18 heavy (non-hydrogen) atoms. The Labute approximate surface area is 105 Å². The van der Waals surface area contributed by atoms with Gasteiger partial charge in [-0.2, -0.15) is 0 Å². The lowest BCUT2D eigenvalue weighted by Gasteiger charge is -2.12. The van der Waals surface area contributed by atoms with Gasteiger partial charge in [-0.3, -0.25) is 0 Å². The van der Waals surface area contributed by atoms with Crippen LogP contribution in [0.4, 0.5) is 10.1 Å². The molecule has 0 bridgehead atoms. The summed E-state index contributed by atoms with van der Waals surface area (Å²) in [4.78, 5) is 11.6. The molecular formula is C13H16FNO3. The van der Waals surface area contributed by atoms with Crippen molar-refractivity contribution in [3.05, 3.63) is 23.5 Å². The van der Waals surface area contributed by atoms with Gasteiger partial charge in [-0.05, 0) is 31.7 Å². The summed E-state index contributed by atoms with van der Waals surface area (Å²) >= 11 is 0. The highest BCUT2D eigenvalue weighted by Gasteiger charge is 2.23. The van der Waals surface area contributed by atoms with Crippen LogP contribution in [0.15, 0.2) is 12.1 Å². The summed E-state index contributed by atoms with van der Waals surface area (Å²) in [6.45, 7) is 2.40. The number of ether oxygens (including phenoxy) is 2. The predicted octanol–water partition coefficient (Wildman–Crippen LogP) is 2.37. The zero-order chi connectivity index (χ0) is 13.1. The molecule has 0 heterocycles. The van der Waals surface area contributed by atoms with Gasteiger partial charge < -0.3 is 15.2 Å². The maximum Gasteiger partial charge on any atom is 0.340 e. The number of nitrogens with two attached hydrogens (primary N) is 1. The van der Waals surface area contributed by atoms with Crippen LogP contribution in [0.1, 0.15) is 30.1 Å². The van der Waals surface area contributed by atoms with E-state index in [2.05, 4.69) is 0 Å². The minimum absolute atomic E-state index is 0.0163. The van der Waals surface area contributed by atoms with Crippen LogP contribution in [0.25, 0.3) is 0 Å². The van der Waals surface area contributed by atoms with Crippen LogP contribution in [-0.4, -0.2) is 19.2 Å². The van der Waals surface area contributed by atoms with Gasteiger partial charge in [0.2, 0.25) is 0 Å². The van der Waals surface area contributed by atoms with E-state index in [1.54, 1.807) is 6.92 Å². The van der Waals surface area contributed by atoms with E-state index >= 15 is 0 Å². The van der Waals surface area contributed by atoms with Crippen molar-refractivity contribution >= 4 is 11.7 Å². The van der Waals surface area contributed by atoms with Gasteiger partial charge in [0.05, 0.1) is 24.5 Å². The SMILES string of the molecule is CCOC(=O)c1cc(F)cc(OCC2CC2)c1N. The van der Waals surface area contributed by atoms with Crippen LogP contribution >= 0.6 is 0 Å². The Bertz CT molecular complexity index is 458. The van der Waals surface area contributed by atoms with Crippen molar-refractivity contribution in [3.8, 4) is 5.75 Å². The molecule has 1 aromatic carbocycles. The molecule has 0 aromatic heterocycles. The summed E-state index contributed by atoms with van der Waals surface area (Å²) in [5.74, 6) is -0.451. The second-order valence-corrected chi connectivity index (χ2v) is 4.34. The number of carbonyl (C=O) groups is 1. The maximum atomic E-state index is 13.4. The Morgan fingerprint density at radius 1 is 1.50 bits per heavy atom. The highest BCUT2D eigenvalue weighted by Crippen LogP contribution is 2.32. The number of hydrogen-bond acceptors (Lipinski definition) is 4. The summed E-state index contributed by atoms with van der Waals surface area (Å²) in [6, 6.07) is 2.26. The Balaban J connectivity index is 2.20. The monoisotopic (exact) mass is 253 g/mol. The van der Waals surface area contributed by atoms with Crippen LogP contribution in [0.5, 0.6) is 5.75 Å². The summed E-state index contributed by atoms with van der Waals surface area (Å²) in [5.41, 5.74) is 5.95. The van der Waals surface area contributed by atoms with Crippen molar-refractivity contribution in [2.45, 2.75) is 19.8 Å². The summed E-state index contributed by atoms with van der Waals surface area (Å²) < 4.78 is 23.7. The van der Waals surface area contributed by atoms with Crippen molar-refractivity contribution in [1.29, 1.82) is 0 Å². The van der Waals surface area contributed by atoms with Crippen molar-refractivity contribution in [3.63, 3.8) is 0 Å². The highest BCUT2D eigenvalue weighted by molar-refractivity contribution is 5.96. The van der Waals surface area contributed by atoms with Crippen LogP contribution in [-0.2, 0) is 4.74 Å². The number of anilines is 1. The summed E-state index contributed by atoms with van der Waals surface area (Å²) in [5, 5.41) is 0. The first-order valence-electron chi connectivity index (χ1n) is 6.00. The minimum atomic E-state index is -0.634. The first-order chi connectivity index (χ1) is 8.61. The predicted molar refractivity (Wildman–Crippen MR) is 65.0 cm³/mol. The fraction of sp³-hybridized carbons (Fsp3) is 0.462. The normalized spacial score (nSPS) is 14.3. The van der Waals surface area contributed by atoms with E-state index in [0.29, 0.717) is 12.5 Å². The lowest BCUT2D eigenvalue weighted by molar-refractivity contribution is 0.0526. The minimum Gasteiger partial charge on any atom is -0.491 e. The Kier molecular flexibility index (Phi) is 3.69. The molecule has 0 amide bonds. The second-order valence-electron chi connectivity index (χ2n) is 4.34. The topological polar surface area (TPSA) is 61.5 Å². The molecule has 2 N–H and O–H groups in total. The van der Waals surface area contributed by atoms with Gasteiger partial charge in [0.25, 0.3) is 0 Å². The second kappa shape index (κ2) is 5.25. The number of nitrogen functional groups attached to an aromatic ring is 1. The Hall–Kier alpha value is -1.78. The van der Waals surface area contributed by atoms with Crippen LogP contribution in [0.3, 0.4) is 0 Å². The molecule has 1 aromatic rings. The van der Waals surface area contributed by atoms with Gasteiger partial charge in [-0.15, -0.1) is 0 Å². The lowest BCUT2D eigenvalue weighted by atomic mass is 10.1. The number of carbonyl (C=O) groups excluding carboxylic acids is 1. The van der Waals surface area contributed by atoms with E-state index in [-0.39, 0.29) is 23.6 Å². The number of benzene rings is 1. The van der Waals surface area contributed by atoms with E-state index in [1.807, 2.05) is 0 Å². The zero-order valence-electron chi connectivity index (χ0n) is 10.2. The fourth-order valence-corrected chi connectivity index (χ4v) is 1.58. The molecule has 5 heteroatoms. The third kappa shape index (κ3) is 2.91. The molecule has 98 valence electrons. The van der Waals surface area contributed by atoms with E-state index < -0.39 is 11.8 Å². The van der Waals surface area contributed by atoms with Crippen LogP contribution in [0.2, 0.25) is 0 Å². The first-order valence-corrected chi connectivity index (χ1v) is 6.00. The van der Waals surface area contributed by atoms with Gasteiger partial charge >= 0.3 is 5.97 Å². The Morgan fingerprint density at radius 3 is 2.83 bits per heavy atom. The number of esters is 1. The molecule has 0 atom stereocenters. The van der Waals surface area contributed by atoms with Crippen molar-refractivity contribution < 1.29 is 18.7 Å². The number of hydrogen-bond donors (Lipinski definition) is 1. The lowest BCUT2D eigenvalue weighted by Crippen LogP contribution is -2.11. The highest BCUT2D eigenvalue weighted by atomic mass is 19.1. The van der Waals surface area contributed by atoms with Crippen LogP contribution < -0.4 is 10.5 Å². The van der Waals surface area contributed by atoms with E-state index in [9.17, 15) is 9.18 Å². The molecule has 0 aliphatic heterocycles. The van der Waals surface area contributed by atoms with Crippen molar-refractivity contribution in [1.82, 2.24) is 0 Å². The average molecular weight is 253 g/mol. The van der Waals surface area contributed by atoms with E-state index in [4.69, 9.17) is 15.2 Å². The van der Waals surface area contributed by atoms with Crippen molar-refractivity contribution in [2.75, 3.05) is 18.9 Å². The van der Waals surface area contributed by atoms with E-state index in [0.717, 1.165) is 18.9 Å². The van der Waals surface area contributed by atoms with Crippen LogP contribution in [0, 0.1) is 11.7 Å². The number of rotatable bonds is 5. The molecule has 2 rings (SSSR count). The summed E-state index contributed by atoms with van der Waals surface area (Å²) in [7, 11) is 0. The molecule has 1 saturated carbocycles. The molecule has 1 aliphatic rings. The molecule has 1 fully saturated rings. The molecule has 0 unspecified atom stereocenters. The Morgan fingerprint density at radius 2 is 2.22 bits per heavy atom. The molecule has 0 radical (unpaired) electrons. The molecule has 1 aliphatic carbocycles. The van der Waals surface area contributed by atoms with E-state index in [1.165, 1.54) is 6.07 Å². The van der Waals surface area contributed by atoms with Crippen molar-refractivity contribution in [2.24, 2.45) is 5.92 Å². The quantitative estimate of drug-likeness (QED) is 0.646. The fourth-order valence-electron chi connectivity index (χ4n) is 1.58. The number of halogens is 1. The molecule has 0 spiro atoms. The third-order valence-corrected chi connectivity index (χ3v) is 2.77. The van der Waals surface area contributed by atoms with Gasteiger partial charge in [-0.25, -0.2) is 9.18 Å². The van der Waals surface area contributed by atoms with Gasteiger partial charge in [0.1, 0.15) is 11.6 Å². The molecule has 4 nitrogen and oxygen atoms in total. The third-order valence-electron chi connectivity index (χ3n) is 2.77. The summed E-state index contributed by atoms with van der Waals surface area (Å²) in [6.07, 6.45) is 2.25. The average Bonchev–Trinajstić information content (AvgIpc) is 3.14. The first kappa shape index (κ1) is 12.7.